The minimum atomic E-state index is -0.387. The average Bonchev–Trinajstić information content (AvgIpc) is 3.21. The van der Waals surface area contributed by atoms with Crippen LogP contribution in [0.2, 0.25) is 0 Å². The number of ether oxygens (including phenoxy) is 1. The number of hydrogen-bond donors (Lipinski definition) is 1. The number of hydrogen-bond acceptors (Lipinski definition) is 5. The standard InChI is InChI=1S/C16H22N4O2/c1-10-17-13-4-2-3-12(13)15(18-10)20-7-8-22-14(9-20)16(21)19-11-5-6-11/h11,14H,2-9H2,1H3,(H,19,21). The Labute approximate surface area is 130 Å². The summed E-state index contributed by atoms with van der Waals surface area (Å²) in [5, 5.41) is 3.04. The fourth-order valence-corrected chi connectivity index (χ4v) is 3.32. The van der Waals surface area contributed by atoms with Crippen molar-refractivity contribution >= 4 is 11.7 Å². The number of fused-ring (bicyclic) bond motifs is 1. The predicted molar refractivity (Wildman–Crippen MR) is 81.9 cm³/mol. The fraction of sp³-hybridized carbons (Fsp3) is 0.688. The summed E-state index contributed by atoms with van der Waals surface area (Å²) in [6, 6.07) is 0.372. The molecule has 1 aromatic rings. The summed E-state index contributed by atoms with van der Waals surface area (Å²) in [6.07, 6.45) is 5.04. The molecule has 6 heteroatoms. The van der Waals surface area contributed by atoms with E-state index in [2.05, 4.69) is 20.2 Å². The Morgan fingerprint density at radius 3 is 3.00 bits per heavy atom. The zero-order chi connectivity index (χ0) is 15.1. The molecular weight excluding hydrogens is 280 g/mol. The van der Waals surface area contributed by atoms with Crippen LogP contribution in [0.25, 0.3) is 0 Å². The summed E-state index contributed by atoms with van der Waals surface area (Å²) < 4.78 is 5.67. The number of nitrogens with zero attached hydrogens (tertiary/aromatic N) is 3. The van der Waals surface area contributed by atoms with Gasteiger partial charge in [0.25, 0.3) is 5.91 Å². The second kappa shape index (κ2) is 5.50. The number of rotatable bonds is 3. The van der Waals surface area contributed by atoms with Crippen LogP contribution in [0.15, 0.2) is 0 Å². The van der Waals surface area contributed by atoms with E-state index in [1.165, 1.54) is 11.3 Å². The summed E-state index contributed by atoms with van der Waals surface area (Å²) in [5.41, 5.74) is 2.46. The number of morpholine rings is 1. The van der Waals surface area contributed by atoms with Crippen molar-refractivity contribution in [2.75, 3.05) is 24.6 Å². The van der Waals surface area contributed by atoms with Crippen molar-refractivity contribution < 1.29 is 9.53 Å². The maximum absolute atomic E-state index is 12.2. The lowest BCUT2D eigenvalue weighted by molar-refractivity contribution is -0.133. The van der Waals surface area contributed by atoms with Crippen molar-refractivity contribution in [3.8, 4) is 0 Å². The van der Waals surface area contributed by atoms with Gasteiger partial charge in [0.2, 0.25) is 0 Å². The largest absolute Gasteiger partial charge is 0.365 e. The molecule has 118 valence electrons. The fourth-order valence-electron chi connectivity index (χ4n) is 3.32. The van der Waals surface area contributed by atoms with Crippen molar-refractivity contribution in [1.29, 1.82) is 0 Å². The first-order chi connectivity index (χ1) is 10.7. The van der Waals surface area contributed by atoms with E-state index in [9.17, 15) is 4.79 Å². The first kappa shape index (κ1) is 13.9. The van der Waals surface area contributed by atoms with Gasteiger partial charge in [0, 0.05) is 23.8 Å². The molecule has 1 unspecified atom stereocenters. The van der Waals surface area contributed by atoms with E-state index >= 15 is 0 Å². The monoisotopic (exact) mass is 302 g/mol. The molecule has 1 aromatic heterocycles. The van der Waals surface area contributed by atoms with E-state index in [1.54, 1.807) is 0 Å². The van der Waals surface area contributed by atoms with Crippen LogP contribution < -0.4 is 10.2 Å². The number of anilines is 1. The number of amides is 1. The van der Waals surface area contributed by atoms with Gasteiger partial charge in [0.1, 0.15) is 11.6 Å². The molecule has 1 saturated carbocycles. The lowest BCUT2D eigenvalue weighted by atomic mass is 10.2. The highest BCUT2D eigenvalue weighted by atomic mass is 16.5. The topological polar surface area (TPSA) is 67.4 Å². The SMILES string of the molecule is Cc1nc2c(c(N3CCOC(C(=O)NC4CC4)C3)n1)CCC2. The van der Waals surface area contributed by atoms with Crippen LogP contribution in [0.4, 0.5) is 5.82 Å². The number of aromatic nitrogens is 2. The summed E-state index contributed by atoms with van der Waals surface area (Å²) in [7, 11) is 0. The van der Waals surface area contributed by atoms with Gasteiger partial charge in [0.15, 0.2) is 6.10 Å². The van der Waals surface area contributed by atoms with Gasteiger partial charge in [-0.15, -0.1) is 0 Å². The van der Waals surface area contributed by atoms with E-state index in [0.717, 1.165) is 50.3 Å². The van der Waals surface area contributed by atoms with E-state index < -0.39 is 0 Å². The molecule has 2 fully saturated rings. The van der Waals surface area contributed by atoms with Crippen LogP contribution in [0, 0.1) is 6.92 Å². The summed E-state index contributed by atoms with van der Waals surface area (Å²) >= 11 is 0. The normalized spacial score (nSPS) is 24.2. The highest BCUT2D eigenvalue weighted by molar-refractivity contribution is 5.82. The first-order valence-corrected chi connectivity index (χ1v) is 8.24. The van der Waals surface area contributed by atoms with Gasteiger partial charge in [-0.1, -0.05) is 0 Å². The van der Waals surface area contributed by atoms with Crippen molar-refractivity contribution in [3.05, 3.63) is 17.1 Å². The molecule has 0 aromatic carbocycles. The zero-order valence-electron chi connectivity index (χ0n) is 13.0. The van der Waals surface area contributed by atoms with Gasteiger partial charge in [-0.05, 0) is 39.0 Å². The Kier molecular flexibility index (Phi) is 3.48. The van der Waals surface area contributed by atoms with E-state index in [0.29, 0.717) is 19.2 Å². The van der Waals surface area contributed by atoms with Crippen LogP contribution in [0.5, 0.6) is 0 Å². The van der Waals surface area contributed by atoms with Gasteiger partial charge < -0.3 is 15.0 Å². The Morgan fingerprint density at radius 1 is 1.32 bits per heavy atom. The number of aryl methyl sites for hydroxylation is 2. The summed E-state index contributed by atoms with van der Waals surface area (Å²) in [4.78, 5) is 23.7. The first-order valence-electron chi connectivity index (χ1n) is 8.24. The Balaban J connectivity index is 1.53. The maximum atomic E-state index is 12.2. The number of nitrogens with one attached hydrogen (secondary N) is 1. The van der Waals surface area contributed by atoms with Crippen LogP contribution in [0.3, 0.4) is 0 Å². The quantitative estimate of drug-likeness (QED) is 0.893. The molecule has 0 radical (unpaired) electrons. The zero-order valence-corrected chi connectivity index (χ0v) is 13.0. The van der Waals surface area contributed by atoms with Crippen molar-refractivity contribution in [2.45, 2.75) is 51.2 Å². The maximum Gasteiger partial charge on any atom is 0.251 e. The average molecular weight is 302 g/mol. The van der Waals surface area contributed by atoms with Gasteiger partial charge >= 0.3 is 0 Å². The van der Waals surface area contributed by atoms with Crippen LogP contribution in [-0.2, 0) is 22.4 Å². The third-order valence-electron chi connectivity index (χ3n) is 4.61. The number of carbonyl (C=O) groups is 1. The van der Waals surface area contributed by atoms with E-state index in [-0.39, 0.29) is 12.0 Å². The molecule has 1 saturated heterocycles. The lowest BCUT2D eigenvalue weighted by Crippen LogP contribution is -2.50. The Morgan fingerprint density at radius 2 is 2.18 bits per heavy atom. The predicted octanol–water partition coefficient (Wildman–Crippen LogP) is 0.758. The molecule has 1 N–H and O–H groups in total. The molecule has 1 aliphatic heterocycles. The van der Waals surface area contributed by atoms with E-state index in [1.807, 2.05) is 6.92 Å². The molecule has 3 aliphatic rings. The lowest BCUT2D eigenvalue weighted by Gasteiger charge is -2.34. The highest BCUT2D eigenvalue weighted by Gasteiger charge is 2.33. The van der Waals surface area contributed by atoms with Crippen molar-refractivity contribution in [2.24, 2.45) is 0 Å². The number of carbonyl (C=O) groups excluding carboxylic acids is 1. The van der Waals surface area contributed by atoms with Crippen molar-refractivity contribution in [1.82, 2.24) is 15.3 Å². The van der Waals surface area contributed by atoms with E-state index in [4.69, 9.17) is 4.74 Å². The molecule has 2 heterocycles. The molecule has 0 bridgehead atoms. The van der Waals surface area contributed by atoms with Gasteiger partial charge in [-0.3, -0.25) is 4.79 Å². The molecule has 1 atom stereocenters. The van der Waals surface area contributed by atoms with Crippen LogP contribution in [0.1, 0.15) is 36.3 Å². The van der Waals surface area contributed by atoms with Gasteiger partial charge in [0.05, 0.1) is 13.2 Å². The Hall–Kier alpha value is -1.69. The molecule has 6 nitrogen and oxygen atoms in total. The second-order valence-corrected chi connectivity index (χ2v) is 6.46. The van der Waals surface area contributed by atoms with Gasteiger partial charge in [-0.2, -0.15) is 0 Å². The minimum Gasteiger partial charge on any atom is -0.365 e. The van der Waals surface area contributed by atoms with Crippen LogP contribution >= 0.6 is 0 Å². The third kappa shape index (κ3) is 2.67. The smallest absolute Gasteiger partial charge is 0.251 e. The molecular formula is C16H22N4O2. The molecule has 22 heavy (non-hydrogen) atoms. The van der Waals surface area contributed by atoms with Gasteiger partial charge in [-0.25, -0.2) is 9.97 Å². The third-order valence-corrected chi connectivity index (χ3v) is 4.61. The summed E-state index contributed by atoms with van der Waals surface area (Å²) in [6.45, 7) is 3.89. The second-order valence-electron chi connectivity index (χ2n) is 6.46. The molecule has 1 amide bonds. The van der Waals surface area contributed by atoms with Crippen molar-refractivity contribution in [3.63, 3.8) is 0 Å². The highest BCUT2D eigenvalue weighted by Crippen LogP contribution is 2.30. The molecule has 2 aliphatic carbocycles. The molecule has 4 rings (SSSR count). The minimum absolute atomic E-state index is 0.0228. The molecule has 0 spiro atoms. The Bertz CT molecular complexity index is 600. The summed E-state index contributed by atoms with van der Waals surface area (Å²) in [5.74, 6) is 1.86. The van der Waals surface area contributed by atoms with Crippen LogP contribution in [-0.4, -0.2) is 47.7 Å².